The van der Waals surface area contributed by atoms with E-state index in [9.17, 15) is 4.39 Å². The number of benzene rings is 1. The van der Waals surface area contributed by atoms with E-state index in [1.165, 1.54) is 12.1 Å². The zero-order valence-electron chi connectivity index (χ0n) is 12.1. The Hall–Kier alpha value is -2.74. The molecule has 0 atom stereocenters. The van der Waals surface area contributed by atoms with Gasteiger partial charge in [0.15, 0.2) is 5.11 Å². The van der Waals surface area contributed by atoms with Crippen molar-refractivity contribution in [3.05, 3.63) is 66.1 Å². The van der Waals surface area contributed by atoms with Crippen LogP contribution in [0, 0.1) is 5.82 Å². The van der Waals surface area contributed by atoms with Crippen molar-refractivity contribution in [3.63, 3.8) is 0 Å². The smallest absolute Gasteiger partial charge is 0.248 e. The van der Waals surface area contributed by atoms with E-state index in [0.29, 0.717) is 24.2 Å². The highest BCUT2D eigenvalue weighted by atomic mass is 32.1. The van der Waals surface area contributed by atoms with Crippen LogP contribution in [0.3, 0.4) is 0 Å². The lowest BCUT2D eigenvalue weighted by Crippen LogP contribution is -2.28. The molecule has 0 aliphatic carbocycles. The lowest BCUT2D eigenvalue weighted by Gasteiger charge is -2.06. The average molecular weight is 331 g/mol. The topological polar surface area (TPSA) is 67.9 Å². The van der Waals surface area contributed by atoms with Crippen LogP contribution in [0.15, 0.2) is 53.4 Å². The highest BCUT2D eigenvalue weighted by Gasteiger charge is 2.05. The summed E-state index contributed by atoms with van der Waals surface area (Å²) in [6, 6.07) is 9.91. The van der Waals surface area contributed by atoms with Gasteiger partial charge in [-0.05, 0) is 42.0 Å². The number of thiocarbonyl (C=S) groups is 1. The van der Waals surface area contributed by atoms with Gasteiger partial charge in [0.1, 0.15) is 17.9 Å². The molecule has 0 saturated heterocycles. The van der Waals surface area contributed by atoms with Gasteiger partial charge >= 0.3 is 0 Å². The van der Waals surface area contributed by atoms with E-state index in [1.54, 1.807) is 29.4 Å². The molecule has 3 aromatic rings. The predicted molar refractivity (Wildman–Crippen MR) is 87.3 cm³/mol. The van der Waals surface area contributed by atoms with Gasteiger partial charge in [0, 0.05) is 0 Å². The van der Waals surface area contributed by atoms with Crippen LogP contribution in [0.25, 0.3) is 0 Å². The third kappa shape index (κ3) is 4.36. The summed E-state index contributed by atoms with van der Waals surface area (Å²) in [6.07, 6.45) is 3.19. The normalized spacial score (nSPS) is 10.5. The quantitative estimate of drug-likeness (QED) is 0.700. The Kier molecular flexibility index (Phi) is 4.62. The summed E-state index contributed by atoms with van der Waals surface area (Å²) in [5.41, 5.74) is 0.932. The molecular formula is C15H14FN5OS. The Bertz CT molecular complexity index is 770. The Morgan fingerprint density at radius 1 is 1.26 bits per heavy atom. The van der Waals surface area contributed by atoms with Crippen LogP contribution in [0.5, 0.6) is 0 Å². The highest BCUT2D eigenvalue weighted by molar-refractivity contribution is 7.80. The van der Waals surface area contributed by atoms with Crippen LogP contribution in [0.2, 0.25) is 0 Å². The van der Waals surface area contributed by atoms with Gasteiger partial charge in [0.2, 0.25) is 5.95 Å². The lowest BCUT2D eigenvalue weighted by atomic mass is 10.2. The first-order valence-corrected chi connectivity index (χ1v) is 7.31. The van der Waals surface area contributed by atoms with E-state index in [4.69, 9.17) is 16.6 Å². The summed E-state index contributed by atoms with van der Waals surface area (Å²) in [5.74, 6) is 0.913. The fourth-order valence-corrected chi connectivity index (χ4v) is 2.09. The third-order valence-electron chi connectivity index (χ3n) is 3.02. The zero-order chi connectivity index (χ0) is 16.1. The molecule has 2 aromatic heterocycles. The van der Waals surface area contributed by atoms with E-state index < -0.39 is 0 Å². The number of rotatable bonds is 5. The van der Waals surface area contributed by atoms with Crippen molar-refractivity contribution in [2.75, 3.05) is 5.32 Å². The Labute approximate surface area is 137 Å². The molecule has 1 aromatic carbocycles. The summed E-state index contributed by atoms with van der Waals surface area (Å²) in [6.45, 7) is 0.983. The molecule has 0 unspecified atom stereocenters. The van der Waals surface area contributed by atoms with Crippen molar-refractivity contribution in [2.45, 2.75) is 13.1 Å². The first kappa shape index (κ1) is 15.2. The maximum absolute atomic E-state index is 12.9. The Morgan fingerprint density at radius 3 is 2.83 bits per heavy atom. The second-order valence-corrected chi connectivity index (χ2v) is 5.19. The molecule has 0 radical (unpaired) electrons. The van der Waals surface area contributed by atoms with Gasteiger partial charge in [0.25, 0.3) is 0 Å². The lowest BCUT2D eigenvalue weighted by molar-refractivity contribution is 0.503. The maximum atomic E-state index is 12.9. The molecule has 0 fully saturated rings. The number of hydrogen-bond acceptors (Lipinski definition) is 4. The molecule has 8 heteroatoms. The van der Waals surface area contributed by atoms with Crippen molar-refractivity contribution < 1.29 is 8.81 Å². The Balaban J connectivity index is 1.52. The van der Waals surface area contributed by atoms with Gasteiger partial charge in [-0.1, -0.05) is 12.1 Å². The summed E-state index contributed by atoms with van der Waals surface area (Å²) >= 11 is 5.17. The first-order valence-electron chi connectivity index (χ1n) is 6.90. The second kappa shape index (κ2) is 7.01. The highest BCUT2D eigenvalue weighted by Crippen LogP contribution is 2.06. The minimum atomic E-state index is -0.261. The predicted octanol–water partition coefficient (Wildman–Crippen LogP) is 2.55. The molecule has 0 aliphatic heterocycles. The van der Waals surface area contributed by atoms with Gasteiger partial charge in [-0.3, -0.25) is 5.32 Å². The average Bonchev–Trinajstić information content (AvgIpc) is 3.20. The van der Waals surface area contributed by atoms with Crippen LogP contribution in [-0.4, -0.2) is 19.9 Å². The van der Waals surface area contributed by atoms with Crippen molar-refractivity contribution in [1.82, 2.24) is 20.1 Å². The fourth-order valence-electron chi connectivity index (χ4n) is 1.93. The summed E-state index contributed by atoms with van der Waals surface area (Å²) < 4.78 is 19.7. The molecule has 0 amide bonds. The molecule has 6 nitrogen and oxygen atoms in total. The number of anilines is 1. The van der Waals surface area contributed by atoms with E-state index >= 15 is 0 Å². The first-order chi connectivity index (χ1) is 11.2. The number of furan rings is 1. The minimum absolute atomic E-state index is 0.261. The summed E-state index contributed by atoms with van der Waals surface area (Å²) in [5, 5.41) is 10.6. The zero-order valence-corrected chi connectivity index (χ0v) is 12.9. The molecule has 118 valence electrons. The number of aromatic nitrogens is 3. The van der Waals surface area contributed by atoms with E-state index in [0.717, 1.165) is 11.3 Å². The number of nitrogens with one attached hydrogen (secondary N) is 2. The molecule has 3 rings (SSSR count). The van der Waals surface area contributed by atoms with E-state index in [1.807, 2.05) is 12.1 Å². The van der Waals surface area contributed by atoms with E-state index in [-0.39, 0.29) is 5.82 Å². The maximum Gasteiger partial charge on any atom is 0.248 e. The Morgan fingerprint density at radius 2 is 2.09 bits per heavy atom. The largest absolute Gasteiger partial charge is 0.467 e. The number of hydrogen-bond donors (Lipinski definition) is 2. The fraction of sp³-hybridized carbons (Fsp3) is 0.133. The number of nitrogens with zero attached hydrogens (tertiary/aromatic N) is 3. The molecule has 0 spiro atoms. The van der Waals surface area contributed by atoms with Crippen molar-refractivity contribution in [3.8, 4) is 0 Å². The van der Waals surface area contributed by atoms with Crippen LogP contribution < -0.4 is 10.6 Å². The van der Waals surface area contributed by atoms with Gasteiger partial charge in [-0.15, -0.1) is 5.10 Å². The monoisotopic (exact) mass is 331 g/mol. The van der Waals surface area contributed by atoms with Crippen molar-refractivity contribution in [1.29, 1.82) is 0 Å². The van der Waals surface area contributed by atoms with Gasteiger partial charge in [-0.25, -0.2) is 14.1 Å². The third-order valence-corrected chi connectivity index (χ3v) is 3.27. The summed E-state index contributed by atoms with van der Waals surface area (Å²) in [7, 11) is 0. The number of halogens is 1. The van der Waals surface area contributed by atoms with Gasteiger partial charge in [0.05, 0.1) is 19.4 Å². The van der Waals surface area contributed by atoms with Crippen LogP contribution in [-0.2, 0) is 13.1 Å². The van der Waals surface area contributed by atoms with Crippen molar-refractivity contribution >= 4 is 23.3 Å². The van der Waals surface area contributed by atoms with Crippen LogP contribution >= 0.6 is 12.2 Å². The molecule has 2 N–H and O–H groups in total. The molecule has 0 aliphatic rings. The second-order valence-electron chi connectivity index (χ2n) is 4.78. The van der Waals surface area contributed by atoms with Crippen molar-refractivity contribution in [2.24, 2.45) is 0 Å². The molecular weight excluding hydrogens is 317 g/mol. The van der Waals surface area contributed by atoms with E-state index in [2.05, 4.69) is 20.7 Å². The molecule has 2 heterocycles. The molecule has 0 saturated carbocycles. The summed E-state index contributed by atoms with van der Waals surface area (Å²) in [4.78, 5) is 4.13. The van der Waals surface area contributed by atoms with Crippen LogP contribution in [0.1, 0.15) is 11.3 Å². The molecule has 0 bridgehead atoms. The minimum Gasteiger partial charge on any atom is -0.467 e. The van der Waals surface area contributed by atoms with Crippen LogP contribution in [0.4, 0.5) is 10.3 Å². The standard InChI is InChI=1S/C15H14FN5OS/c16-12-5-3-11(4-6-12)9-21-10-18-14(20-21)19-15(23)17-8-13-2-1-7-22-13/h1-7,10H,8-9H2,(H2,17,19,20,23). The van der Waals surface area contributed by atoms with Gasteiger partial charge < -0.3 is 9.73 Å². The molecule has 23 heavy (non-hydrogen) atoms. The van der Waals surface area contributed by atoms with Gasteiger partial charge in [-0.2, -0.15) is 0 Å². The SMILES string of the molecule is Fc1ccc(Cn2cnc(NC(=S)NCc3ccco3)n2)cc1.